The van der Waals surface area contributed by atoms with Crippen LogP contribution in [0.3, 0.4) is 0 Å². The Morgan fingerprint density at radius 2 is 1.89 bits per heavy atom. The summed E-state index contributed by atoms with van der Waals surface area (Å²) in [5.41, 5.74) is 3.78. The zero-order valence-electron chi connectivity index (χ0n) is 19.7. The first-order valence-electron chi connectivity index (χ1n) is 12.2. The van der Waals surface area contributed by atoms with Crippen LogP contribution in [0.15, 0.2) is 30.5 Å². The lowest BCUT2D eigenvalue weighted by molar-refractivity contribution is -0.191. The van der Waals surface area contributed by atoms with E-state index in [1.54, 1.807) is 10.9 Å². The van der Waals surface area contributed by atoms with Gasteiger partial charge in [0, 0.05) is 18.5 Å². The van der Waals surface area contributed by atoms with E-state index in [1.165, 1.54) is 11.1 Å². The first-order chi connectivity index (χ1) is 16.9. The minimum absolute atomic E-state index is 0.130. The summed E-state index contributed by atoms with van der Waals surface area (Å²) in [7, 11) is 0. The normalized spacial score (nSPS) is 30.1. The summed E-state index contributed by atoms with van der Waals surface area (Å²) < 4.78 is 20.0. The second-order valence-electron chi connectivity index (χ2n) is 10.6. The molecule has 3 fully saturated rings. The van der Waals surface area contributed by atoms with Gasteiger partial charge >= 0.3 is 0 Å². The van der Waals surface area contributed by atoms with Crippen LogP contribution < -0.4 is 4.90 Å². The molecular weight excluding hydrogens is 470 g/mol. The molecule has 1 N–H and O–H groups in total. The molecule has 0 amide bonds. The number of aliphatic hydroxyl groups is 1. The summed E-state index contributed by atoms with van der Waals surface area (Å²) in [4.78, 5) is 11.4. The van der Waals surface area contributed by atoms with Crippen LogP contribution in [-0.4, -0.2) is 74.8 Å². The molecule has 3 saturated heterocycles. The van der Waals surface area contributed by atoms with Gasteiger partial charge in [0.25, 0.3) is 0 Å². The van der Waals surface area contributed by atoms with Gasteiger partial charge in [0.15, 0.2) is 11.4 Å². The largest absolute Gasteiger partial charge is 0.394 e. The highest BCUT2D eigenvalue weighted by molar-refractivity contribution is 6.28. The molecule has 4 aliphatic rings. The van der Waals surface area contributed by atoms with Gasteiger partial charge in [-0.25, -0.2) is 4.68 Å². The van der Waals surface area contributed by atoms with Crippen molar-refractivity contribution in [2.24, 2.45) is 0 Å². The standard InChI is InChI=1S/C25H28ClN5O4/c1-24(2)34-19-17(33-18(11-32)20(19)35-24)10-31-22-15(9-27-31)21(28-23(26)29-22)30-12-25(13-30)8-7-14-5-3-4-6-16(14)25/h3-6,9,17-20,32H,7-8,10-13H2,1-2H3/t17-,18-,19+,20-/m1/s1. The van der Waals surface area contributed by atoms with Crippen molar-refractivity contribution in [2.45, 2.75) is 68.9 Å². The third kappa shape index (κ3) is 3.33. The number of ether oxygens (including phenoxy) is 3. The number of aryl methyl sites for hydroxylation is 1. The number of hydrogen-bond donors (Lipinski definition) is 1. The molecule has 1 spiro atoms. The number of anilines is 1. The van der Waals surface area contributed by atoms with Crippen molar-refractivity contribution in [3.8, 4) is 0 Å². The van der Waals surface area contributed by atoms with Crippen molar-refractivity contribution in [3.63, 3.8) is 0 Å². The van der Waals surface area contributed by atoms with Crippen LogP contribution in [0.5, 0.6) is 0 Å². The van der Waals surface area contributed by atoms with Gasteiger partial charge in [-0.2, -0.15) is 15.1 Å². The number of hydrogen-bond acceptors (Lipinski definition) is 8. The minimum Gasteiger partial charge on any atom is -0.394 e. The minimum atomic E-state index is -0.720. The monoisotopic (exact) mass is 497 g/mol. The summed E-state index contributed by atoms with van der Waals surface area (Å²) in [6, 6.07) is 8.77. The van der Waals surface area contributed by atoms with Crippen LogP contribution in [0.1, 0.15) is 31.4 Å². The molecule has 3 aliphatic heterocycles. The number of aromatic nitrogens is 4. The van der Waals surface area contributed by atoms with Gasteiger partial charge in [0.2, 0.25) is 5.28 Å². The number of rotatable bonds is 4. The summed E-state index contributed by atoms with van der Waals surface area (Å²) in [5.74, 6) is 0.100. The average molecular weight is 498 g/mol. The van der Waals surface area contributed by atoms with E-state index in [0.717, 1.165) is 37.1 Å². The lowest BCUT2D eigenvalue weighted by atomic mass is 9.75. The summed E-state index contributed by atoms with van der Waals surface area (Å²) >= 11 is 6.40. The van der Waals surface area contributed by atoms with Crippen LogP contribution in [0.4, 0.5) is 5.82 Å². The van der Waals surface area contributed by atoms with Gasteiger partial charge in [-0.3, -0.25) is 0 Å². The molecule has 4 atom stereocenters. The Bertz CT molecular complexity index is 1310. The Morgan fingerprint density at radius 1 is 1.11 bits per heavy atom. The molecule has 1 aliphatic carbocycles. The maximum atomic E-state index is 9.79. The second kappa shape index (κ2) is 7.60. The Hall–Kier alpha value is -2.30. The number of fused-ring (bicyclic) bond motifs is 4. The third-order valence-electron chi connectivity index (χ3n) is 7.98. The first-order valence-corrected chi connectivity index (χ1v) is 12.6. The zero-order chi connectivity index (χ0) is 23.9. The highest BCUT2D eigenvalue weighted by Crippen LogP contribution is 2.47. The van der Waals surface area contributed by atoms with Crippen LogP contribution >= 0.6 is 11.6 Å². The summed E-state index contributed by atoms with van der Waals surface area (Å²) in [6.45, 7) is 5.85. The maximum absolute atomic E-state index is 9.79. The predicted molar refractivity (Wildman–Crippen MR) is 129 cm³/mol. The molecule has 1 aromatic carbocycles. The van der Waals surface area contributed by atoms with E-state index < -0.39 is 11.9 Å². The van der Waals surface area contributed by atoms with Crippen molar-refractivity contribution in [1.82, 2.24) is 19.7 Å². The Balaban J connectivity index is 1.16. The predicted octanol–water partition coefficient (Wildman–Crippen LogP) is 2.46. The molecule has 7 rings (SSSR count). The van der Waals surface area contributed by atoms with Gasteiger partial charge in [-0.1, -0.05) is 24.3 Å². The molecule has 2 aromatic heterocycles. The van der Waals surface area contributed by atoms with E-state index in [-0.39, 0.29) is 35.6 Å². The van der Waals surface area contributed by atoms with Crippen LogP contribution in [0, 0.1) is 0 Å². The average Bonchev–Trinajstić information content (AvgIpc) is 3.54. The molecule has 10 heteroatoms. The van der Waals surface area contributed by atoms with Gasteiger partial charge in [0.1, 0.15) is 30.2 Å². The molecule has 0 unspecified atom stereocenters. The van der Waals surface area contributed by atoms with Crippen molar-refractivity contribution >= 4 is 28.5 Å². The lowest BCUT2D eigenvalue weighted by Crippen LogP contribution is -2.58. The van der Waals surface area contributed by atoms with E-state index in [1.807, 2.05) is 13.8 Å². The molecule has 5 heterocycles. The van der Waals surface area contributed by atoms with E-state index >= 15 is 0 Å². The summed E-state index contributed by atoms with van der Waals surface area (Å²) in [5, 5.41) is 15.5. The van der Waals surface area contributed by atoms with E-state index in [2.05, 4.69) is 44.2 Å². The van der Waals surface area contributed by atoms with Gasteiger partial charge in [0.05, 0.1) is 24.7 Å². The van der Waals surface area contributed by atoms with E-state index in [9.17, 15) is 5.11 Å². The van der Waals surface area contributed by atoms with Gasteiger partial charge < -0.3 is 24.2 Å². The Labute approximate surface area is 208 Å². The lowest BCUT2D eigenvalue weighted by Gasteiger charge is -2.49. The Morgan fingerprint density at radius 3 is 2.69 bits per heavy atom. The Kier molecular flexibility index (Phi) is 4.76. The number of nitrogens with zero attached hydrogens (tertiary/aromatic N) is 5. The van der Waals surface area contributed by atoms with Gasteiger partial charge in [-0.15, -0.1) is 0 Å². The first kappa shape index (κ1) is 21.9. The van der Waals surface area contributed by atoms with Crippen LogP contribution in [0.25, 0.3) is 11.0 Å². The highest BCUT2D eigenvalue weighted by atomic mass is 35.5. The smallest absolute Gasteiger partial charge is 0.226 e. The van der Waals surface area contributed by atoms with Crippen molar-refractivity contribution in [2.75, 3.05) is 24.6 Å². The highest BCUT2D eigenvalue weighted by Gasteiger charge is 2.55. The van der Waals surface area contributed by atoms with Crippen LogP contribution in [0.2, 0.25) is 5.28 Å². The number of benzene rings is 1. The van der Waals surface area contributed by atoms with E-state index in [4.69, 9.17) is 25.8 Å². The molecule has 9 nitrogen and oxygen atoms in total. The van der Waals surface area contributed by atoms with Crippen molar-refractivity contribution in [3.05, 3.63) is 46.9 Å². The summed E-state index contributed by atoms with van der Waals surface area (Å²) in [6.07, 6.45) is 2.72. The molecular formula is C25H28ClN5O4. The third-order valence-corrected chi connectivity index (χ3v) is 8.14. The number of aliphatic hydroxyl groups excluding tert-OH is 1. The quantitative estimate of drug-likeness (QED) is 0.549. The maximum Gasteiger partial charge on any atom is 0.226 e. The van der Waals surface area contributed by atoms with Crippen molar-refractivity contribution < 1.29 is 19.3 Å². The zero-order valence-corrected chi connectivity index (χ0v) is 20.5. The molecule has 184 valence electrons. The fourth-order valence-corrected chi connectivity index (χ4v) is 6.61. The molecule has 3 aromatic rings. The molecule has 35 heavy (non-hydrogen) atoms. The molecule has 0 bridgehead atoms. The second-order valence-corrected chi connectivity index (χ2v) is 11.0. The molecule has 0 radical (unpaired) electrons. The fourth-order valence-electron chi connectivity index (χ4n) is 6.45. The molecule has 0 saturated carbocycles. The van der Waals surface area contributed by atoms with Crippen LogP contribution in [-0.2, 0) is 32.6 Å². The fraction of sp³-hybridized carbons (Fsp3) is 0.560. The topological polar surface area (TPSA) is 94.8 Å². The van der Waals surface area contributed by atoms with Gasteiger partial charge in [-0.05, 0) is 49.4 Å². The van der Waals surface area contributed by atoms with E-state index in [0.29, 0.717) is 12.2 Å². The number of halogens is 1. The SMILES string of the molecule is CC1(C)O[C@@H]2[C@H](O1)[C@@H](CO)O[C@@H]2Cn1ncc2c(N3CC4(CCc5ccccc54)C3)nc(Cl)nc21. The van der Waals surface area contributed by atoms with Crippen molar-refractivity contribution in [1.29, 1.82) is 0 Å².